The summed E-state index contributed by atoms with van der Waals surface area (Å²) in [5.74, 6) is -0.596. The number of halogens is 3. The number of rotatable bonds is 3. The van der Waals surface area contributed by atoms with Crippen LogP contribution >= 0.6 is 34.8 Å². The van der Waals surface area contributed by atoms with Crippen LogP contribution < -0.4 is 5.32 Å². The van der Waals surface area contributed by atoms with Crippen molar-refractivity contribution < 1.29 is 9.72 Å². The van der Waals surface area contributed by atoms with E-state index in [0.717, 1.165) is 0 Å². The Kier molecular flexibility index (Phi) is 4.56. The molecule has 0 unspecified atom stereocenters. The number of hydrogen-bond acceptors (Lipinski definition) is 5. The summed E-state index contributed by atoms with van der Waals surface area (Å²) in [6, 6.07) is 5.02. The smallest absolute Gasteiger partial charge is 0.288 e. The summed E-state index contributed by atoms with van der Waals surface area (Å²) < 4.78 is 0. The quantitative estimate of drug-likeness (QED) is 0.675. The number of nitrogens with one attached hydrogen (secondary N) is 1. The first kappa shape index (κ1) is 15.4. The van der Waals surface area contributed by atoms with Gasteiger partial charge in [0.25, 0.3) is 11.6 Å². The van der Waals surface area contributed by atoms with E-state index in [9.17, 15) is 14.9 Å². The van der Waals surface area contributed by atoms with Crippen LogP contribution in [0.2, 0.25) is 15.3 Å². The zero-order valence-electron chi connectivity index (χ0n) is 10.0. The molecule has 108 valence electrons. The van der Waals surface area contributed by atoms with Crippen LogP contribution in [0.3, 0.4) is 0 Å². The lowest BCUT2D eigenvalue weighted by molar-refractivity contribution is -0.384. The molecule has 10 heteroatoms. The van der Waals surface area contributed by atoms with Crippen LogP contribution in [0.1, 0.15) is 10.4 Å². The molecule has 0 fully saturated rings. The number of anilines is 1. The summed E-state index contributed by atoms with van der Waals surface area (Å²) >= 11 is 17.1. The number of benzene rings is 1. The van der Waals surface area contributed by atoms with E-state index >= 15 is 0 Å². The fourth-order valence-corrected chi connectivity index (χ4v) is 2.02. The Labute approximate surface area is 133 Å². The maximum absolute atomic E-state index is 12.0. The van der Waals surface area contributed by atoms with Crippen molar-refractivity contribution in [1.29, 1.82) is 0 Å². The zero-order valence-corrected chi connectivity index (χ0v) is 12.3. The lowest BCUT2D eigenvalue weighted by atomic mass is 10.2. The van der Waals surface area contributed by atoms with E-state index in [-0.39, 0.29) is 32.3 Å². The molecular formula is C11H5Cl3N4O3. The number of nitro groups is 1. The molecule has 0 radical (unpaired) electrons. The molecule has 1 N–H and O–H groups in total. The number of aromatic nitrogens is 2. The average molecular weight is 348 g/mol. The number of hydrogen-bond donors (Lipinski definition) is 1. The molecule has 0 spiro atoms. The summed E-state index contributed by atoms with van der Waals surface area (Å²) in [6.07, 6.45) is 0. The van der Waals surface area contributed by atoms with Crippen molar-refractivity contribution in [3.05, 3.63) is 55.3 Å². The highest BCUT2D eigenvalue weighted by atomic mass is 35.5. The Morgan fingerprint density at radius 1 is 1.19 bits per heavy atom. The maximum atomic E-state index is 12.0. The molecule has 2 aromatic rings. The number of nitro benzene ring substituents is 1. The lowest BCUT2D eigenvalue weighted by Crippen LogP contribution is -2.13. The van der Waals surface area contributed by atoms with Gasteiger partial charge in [0.1, 0.15) is 5.02 Å². The van der Waals surface area contributed by atoms with Crippen molar-refractivity contribution in [1.82, 2.24) is 10.2 Å². The number of carbonyl (C=O) groups excluding carboxylic acids is 1. The monoisotopic (exact) mass is 346 g/mol. The Bertz CT molecular complexity index is 739. The van der Waals surface area contributed by atoms with Crippen LogP contribution in [0.25, 0.3) is 0 Å². The van der Waals surface area contributed by atoms with E-state index in [1.165, 1.54) is 24.3 Å². The van der Waals surface area contributed by atoms with Gasteiger partial charge in [-0.25, -0.2) is 0 Å². The topological polar surface area (TPSA) is 98.0 Å². The second kappa shape index (κ2) is 6.21. The van der Waals surface area contributed by atoms with Crippen LogP contribution in [-0.2, 0) is 0 Å². The maximum Gasteiger partial charge on any atom is 0.288 e. The predicted octanol–water partition coefficient (Wildman–Crippen LogP) is 3.60. The van der Waals surface area contributed by atoms with Gasteiger partial charge >= 0.3 is 0 Å². The van der Waals surface area contributed by atoms with Gasteiger partial charge in [-0.2, -0.15) is 0 Å². The molecule has 2 rings (SSSR count). The Morgan fingerprint density at radius 3 is 2.52 bits per heavy atom. The van der Waals surface area contributed by atoms with Crippen molar-refractivity contribution in [3.8, 4) is 0 Å². The highest BCUT2D eigenvalue weighted by molar-refractivity contribution is 6.35. The fraction of sp³-hybridized carbons (Fsp3) is 0. The van der Waals surface area contributed by atoms with E-state index in [1.54, 1.807) is 0 Å². The Balaban J connectivity index is 2.26. The zero-order chi connectivity index (χ0) is 15.6. The van der Waals surface area contributed by atoms with E-state index in [0.29, 0.717) is 0 Å². The third-order valence-corrected chi connectivity index (χ3v) is 3.13. The first-order valence-corrected chi connectivity index (χ1v) is 6.46. The van der Waals surface area contributed by atoms with E-state index in [1.807, 2.05) is 0 Å². The molecule has 0 bridgehead atoms. The van der Waals surface area contributed by atoms with Gasteiger partial charge in [0.05, 0.1) is 10.5 Å². The van der Waals surface area contributed by atoms with Gasteiger partial charge in [-0.1, -0.05) is 34.8 Å². The van der Waals surface area contributed by atoms with Crippen molar-refractivity contribution in [2.45, 2.75) is 0 Å². The summed E-state index contributed by atoms with van der Waals surface area (Å²) in [6.45, 7) is 0. The molecule has 1 amide bonds. The molecule has 1 heterocycles. The van der Waals surface area contributed by atoms with Crippen LogP contribution in [0.4, 0.5) is 11.4 Å². The number of amides is 1. The fourth-order valence-electron chi connectivity index (χ4n) is 1.44. The van der Waals surface area contributed by atoms with Gasteiger partial charge in [-0.05, 0) is 18.2 Å². The van der Waals surface area contributed by atoms with Gasteiger partial charge in [-0.3, -0.25) is 14.9 Å². The van der Waals surface area contributed by atoms with Gasteiger partial charge in [-0.15, -0.1) is 10.2 Å². The third-order valence-electron chi connectivity index (χ3n) is 2.37. The molecule has 7 nitrogen and oxygen atoms in total. The van der Waals surface area contributed by atoms with Gasteiger partial charge in [0, 0.05) is 11.8 Å². The first-order valence-electron chi connectivity index (χ1n) is 5.32. The standard InChI is InChI=1S/C11H5Cl3N4O3/c12-7-3-5(1-2-8(7)18(20)21)15-11(19)6-4-9(13)16-17-10(6)14/h1-4H,(H,15,19). The second-order valence-corrected chi connectivity index (χ2v) is 4.90. The van der Waals surface area contributed by atoms with Crippen LogP contribution in [0.15, 0.2) is 24.3 Å². The first-order chi connectivity index (χ1) is 9.88. The predicted molar refractivity (Wildman–Crippen MR) is 78.1 cm³/mol. The minimum Gasteiger partial charge on any atom is -0.322 e. The van der Waals surface area contributed by atoms with E-state index in [2.05, 4.69) is 15.5 Å². The van der Waals surface area contributed by atoms with Gasteiger partial charge in [0.15, 0.2) is 10.3 Å². The summed E-state index contributed by atoms with van der Waals surface area (Å²) in [5, 5.41) is 19.9. The molecule has 0 atom stereocenters. The van der Waals surface area contributed by atoms with Crippen molar-refractivity contribution in [2.24, 2.45) is 0 Å². The molecule has 0 saturated heterocycles. The van der Waals surface area contributed by atoms with Crippen molar-refractivity contribution in [2.75, 3.05) is 5.32 Å². The van der Waals surface area contributed by atoms with E-state index in [4.69, 9.17) is 34.8 Å². The Hall–Kier alpha value is -1.96. The normalized spacial score (nSPS) is 10.2. The number of nitrogens with zero attached hydrogens (tertiary/aromatic N) is 3. The highest BCUT2D eigenvalue weighted by Gasteiger charge is 2.16. The van der Waals surface area contributed by atoms with Crippen molar-refractivity contribution >= 4 is 52.1 Å². The molecule has 0 aliphatic rings. The van der Waals surface area contributed by atoms with Crippen LogP contribution in [0.5, 0.6) is 0 Å². The minimum atomic E-state index is -0.628. The molecular weight excluding hydrogens is 343 g/mol. The minimum absolute atomic E-state index is 0.00582. The van der Waals surface area contributed by atoms with Gasteiger partial charge in [0.2, 0.25) is 0 Å². The average Bonchev–Trinajstić information content (AvgIpc) is 2.41. The molecule has 1 aromatic heterocycles. The largest absolute Gasteiger partial charge is 0.322 e. The molecule has 21 heavy (non-hydrogen) atoms. The lowest BCUT2D eigenvalue weighted by Gasteiger charge is -2.06. The molecule has 0 aliphatic carbocycles. The second-order valence-electron chi connectivity index (χ2n) is 3.75. The molecule has 0 saturated carbocycles. The summed E-state index contributed by atoms with van der Waals surface area (Å²) in [7, 11) is 0. The third kappa shape index (κ3) is 3.57. The van der Waals surface area contributed by atoms with E-state index < -0.39 is 10.8 Å². The van der Waals surface area contributed by atoms with Crippen LogP contribution in [-0.4, -0.2) is 21.0 Å². The Morgan fingerprint density at radius 2 is 1.90 bits per heavy atom. The highest BCUT2D eigenvalue weighted by Crippen LogP contribution is 2.27. The summed E-state index contributed by atoms with van der Waals surface area (Å²) in [5.41, 5.74) is 0.0204. The molecule has 1 aromatic carbocycles. The van der Waals surface area contributed by atoms with Crippen LogP contribution in [0, 0.1) is 10.1 Å². The molecule has 0 aliphatic heterocycles. The SMILES string of the molecule is O=C(Nc1ccc([N+](=O)[O-])c(Cl)c1)c1cc(Cl)nnc1Cl. The number of carbonyl (C=O) groups is 1. The summed E-state index contributed by atoms with van der Waals surface area (Å²) in [4.78, 5) is 22.0. The van der Waals surface area contributed by atoms with Gasteiger partial charge < -0.3 is 5.32 Å². The van der Waals surface area contributed by atoms with Crippen molar-refractivity contribution in [3.63, 3.8) is 0 Å².